The topological polar surface area (TPSA) is 91.5 Å². The van der Waals surface area contributed by atoms with Gasteiger partial charge in [-0.25, -0.2) is 0 Å². The number of likely N-dealkylation sites (tertiary alicyclic amines) is 1. The number of amides is 1. The van der Waals surface area contributed by atoms with Crippen LogP contribution in [0.1, 0.15) is 40.0 Å². The number of hydrogen-bond donors (Lipinski definition) is 2. The van der Waals surface area contributed by atoms with Gasteiger partial charge in [0.05, 0.1) is 12.7 Å². The van der Waals surface area contributed by atoms with Crippen LogP contribution in [0, 0.1) is 0 Å². The number of nitrogens with one attached hydrogen (secondary N) is 2. The molecule has 0 saturated carbocycles. The molecule has 1 saturated heterocycles. The maximum atomic E-state index is 13.1. The summed E-state index contributed by atoms with van der Waals surface area (Å²) in [4.78, 5) is 41.0. The zero-order valence-electron chi connectivity index (χ0n) is 16.8. The van der Waals surface area contributed by atoms with Crippen LogP contribution < -0.4 is 10.9 Å². The molecular weight excluding hydrogens is 415 g/mol. The number of aromatic amines is 1. The standard InChI is InChI=1S/C21H22F3N3O4/c1-31-20(30)17-7-4-10-27(17)12-14-8-9-15(19(29)26-14)18(28)25-11-13-5-2-3-6-16(13)21(22,23)24/h2-3,5-6,8-9,17H,4,7,10-12H2,1H3,(H,25,28)(H,26,29)/t17-/m0/s1. The van der Waals surface area contributed by atoms with Gasteiger partial charge in [0.25, 0.3) is 11.5 Å². The molecule has 1 aromatic carbocycles. The van der Waals surface area contributed by atoms with Gasteiger partial charge in [-0.2, -0.15) is 13.2 Å². The van der Waals surface area contributed by atoms with Gasteiger partial charge in [0.1, 0.15) is 11.6 Å². The largest absolute Gasteiger partial charge is 0.468 e. The number of carbonyl (C=O) groups excluding carboxylic acids is 2. The first-order chi connectivity index (χ1) is 14.7. The Morgan fingerprint density at radius 1 is 1.23 bits per heavy atom. The van der Waals surface area contributed by atoms with Gasteiger partial charge in [-0.3, -0.25) is 19.3 Å². The summed E-state index contributed by atoms with van der Waals surface area (Å²) in [7, 11) is 1.32. The Morgan fingerprint density at radius 3 is 2.65 bits per heavy atom. The fourth-order valence-electron chi connectivity index (χ4n) is 3.64. The number of carbonyl (C=O) groups is 2. The second kappa shape index (κ2) is 9.34. The first kappa shape index (κ1) is 22.5. The molecule has 1 aromatic heterocycles. The number of pyridine rings is 1. The zero-order valence-corrected chi connectivity index (χ0v) is 16.8. The van der Waals surface area contributed by atoms with Crippen LogP contribution in [-0.2, 0) is 28.8 Å². The number of aromatic nitrogens is 1. The second-order valence-corrected chi connectivity index (χ2v) is 7.22. The Labute approximate surface area is 176 Å². The third-order valence-electron chi connectivity index (χ3n) is 5.19. The van der Waals surface area contributed by atoms with Crippen molar-refractivity contribution in [3.63, 3.8) is 0 Å². The lowest BCUT2D eigenvalue weighted by Crippen LogP contribution is -2.37. The van der Waals surface area contributed by atoms with Crippen LogP contribution in [0.25, 0.3) is 0 Å². The second-order valence-electron chi connectivity index (χ2n) is 7.22. The summed E-state index contributed by atoms with van der Waals surface area (Å²) in [5.74, 6) is -1.12. The molecule has 0 radical (unpaired) electrons. The summed E-state index contributed by atoms with van der Waals surface area (Å²) in [5.41, 5.74) is -1.29. The van der Waals surface area contributed by atoms with E-state index in [0.29, 0.717) is 25.2 Å². The van der Waals surface area contributed by atoms with E-state index in [-0.39, 0.29) is 29.7 Å². The molecule has 7 nitrogen and oxygen atoms in total. The highest BCUT2D eigenvalue weighted by atomic mass is 19.4. The Balaban J connectivity index is 1.67. The lowest BCUT2D eigenvalue weighted by atomic mass is 10.1. The molecule has 0 spiro atoms. The fourth-order valence-corrected chi connectivity index (χ4v) is 3.64. The Bertz CT molecular complexity index is 1020. The number of ether oxygens (including phenoxy) is 1. The van der Waals surface area contributed by atoms with Crippen molar-refractivity contribution in [1.29, 1.82) is 0 Å². The van der Waals surface area contributed by atoms with Crippen molar-refractivity contribution in [2.45, 2.75) is 38.1 Å². The number of H-pyrrole nitrogens is 1. The van der Waals surface area contributed by atoms with E-state index in [1.165, 1.54) is 31.4 Å². The highest BCUT2D eigenvalue weighted by molar-refractivity contribution is 5.93. The molecule has 0 aliphatic carbocycles. The van der Waals surface area contributed by atoms with Crippen LogP contribution in [0.4, 0.5) is 13.2 Å². The van der Waals surface area contributed by atoms with E-state index in [4.69, 9.17) is 4.74 Å². The molecule has 1 amide bonds. The highest BCUT2D eigenvalue weighted by Gasteiger charge is 2.33. The predicted molar refractivity (Wildman–Crippen MR) is 105 cm³/mol. The summed E-state index contributed by atoms with van der Waals surface area (Å²) in [5, 5.41) is 2.36. The number of alkyl halides is 3. The van der Waals surface area contributed by atoms with Crippen LogP contribution in [0.5, 0.6) is 0 Å². The van der Waals surface area contributed by atoms with Crippen LogP contribution in [-0.4, -0.2) is 41.5 Å². The lowest BCUT2D eigenvalue weighted by molar-refractivity contribution is -0.146. The van der Waals surface area contributed by atoms with Crippen LogP contribution in [0.2, 0.25) is 0 Å². The van der Waals surface area contributed by atoms with Gasteiger partial charge >= 0.3 is 12.1 Å². The molecule has 166 valence electrons. The maximum Gasteiger partial charge on any atom is 0.416 e. The average Bonchev–Trinajstić information content (AvgIpc) is 3.19. The van der Waals surface area contributed by atoms with E-state index >= 15 is 0 Å². The van der Waals surface area contributed by atoms with Crippen LogP contribution >= 0.6 is 0 Å². The number of esters is 1. The molecule has 1 fully saturated rings. The zero-order chi connectivity index (χ0) is 22.6. The number of halogens is 3. The number of methoxy groups -OCH3 is 1. The fraction of sp³-hybridized carbons (Fsp3) is 0.381. The normalized spacial score (nSPS) is 16.8. The average molecular weight is 437 g/mol. The third kappa shape index (κ3) is 5.32. The molecule has 2 N–H and O–H groups in total. The SMILES string of the molecule is COC(=O)[C@@H]1CCCN1Cc1ccc(C(=O)NCc2ccccc2C(F)(F)F)c(=O)[nH]1. The third-order valence-corrected chi connectivity index (χ3v) is 5.19. The van der Waals surface area contributed by atoms with E-state index < -0.39 is 23.2 Å². The van der Waals surface area contributed by atoms with Crippen molar-refractivity contribution in [1.82, 2.24) is 15.2 Å². The van der Waals surface area contributed by atoms with Crippen molar-refractivity contribution >= 4 is 11.9 Å². The monoisotopic (exact) mass is 437 g/mol. The first-order valence-corrected chi connectivity index (χ1v) is 9.68. The smallest absolute Gasteiger partial charge is 0.416 e. The molecule has 2 aromatic rings. The molecule has 1 aliphatic heterocycles. The molecule has 0 bridgehead atoms. The van der Waals surface area contributed by atoms with Crippen molar-refractivity contribution in [2.24, 2.45) is 0 Å². The molecule has 3 rings (SSSR count). The van der Waals surface area contributed by atoms with Crippen molar-refractivity contribution in [3.05, 3.63) is 69.1 Å². The minimum absolute atomic E-state index is 0.0979. The molecule has 0 unspecified atom stereocenters. The maximum absolute atomic E-state index is 13.1. The molecule has 1 atom stereocenters. The van der Waals surface area contributed by atoms with E-state index in [9.17, 15) is 27.6 Å². The van der Waals surface area contributed by atoms with E-state index in [2.05, 4.69) is 10.3 Å². The lowest BCUT2D eigenvalue weighted by Gasteiger charge is -2.22. The van der Waals surface area contributed by atoms with E-state index in [1.807, 2.05) is 4.90 Å². The van der Waals surface area contributed by atoms with Crippen LogP contribution in [0.3, 0.4) is 0 Å². The first-order valence-electron chi connectivity index (χ1n) is 9.68. The summed E-state index contributed by atoms with van der Waals surface area (Å²) < 4.78 is 44.0. The molecular formula is C21H22F3N3O4. The molecule has 31 heavy (non-hydrogen) atoms. The number of benzene rings is 1. The Hall–Kier alpha value is -3.14. The summed E-state index contributed by atoms with van der Waals surface area (Å²) in [6, 6.07) is 7.40. The Morgan fingerprint density at radius 2 is 1.97 bits per heavy atom. The van der Waals surface area contributed by atoms with Gasteiger partial charge in [0.15, 0.2) is 0 Å². The summed E-state index contributed by atoms with van der Waals surface area (Å²) in [6.07, 6.45) is -3.06. The van der Waals surface area contributed by atoms with Gasteiger partial charge in [0.2, 0.25) is 0 Å². The van der Waals surface area contributed by atoms with Crippen molar-refractivity contribution in [2.75, 3.05) is 13.7 Å². The van der Waals surface area contributed by atoms with Gasteiger partial charge in [-0.05, 0) is 43.1 Å². The minimum Gasteiger partial charge on any atom is -0.468 e. The highest BCUT2D eigenvalue weighted by Crippen LogP contribution is 2.31. The molecule has 10 heteroatoms. The van der Waals surface area contributed by atoms with Gasteiger partial charge in [-0.15, -0.1) is 0 Å². The van der Waals surface area contributed by atoms with Gasteiger partial charge in [-0.1, -0.05) is 18.2 Å². The van der Waals surface area contributed by atoms with Gasteiger partial charge in [0, 0.05) is 18.8 Å². The molecule has 1 aliphatic rings. The predicted octanol–water partition coefficient (Wildman–Crippen LogP) is 2.46. The van der Waals surface area contributed by atoms with E-state index in [1.54, 1.807) is 6.07 Å². The number of hydrogen-bond acceptors (Lipinski definition) is 5. The quantitative estimate of drug-likeness (QED) is 0.678. The van der Waals surface area contributed by atoms with Crippen molar-refractivity contribution in [3.8, 4) is 0 Å². The summed E-state index contributed by atoms with van der Waals surface area (Å²) >= 11 is 0. The molecule has 2 heterocycles. The van der Waals surface area contributed by atoms with E-state index in [0.717, 1.165) is 12.5 Å². The van der Waals surface area contributed by atoms with Crippen molar-refractivity contribution < 1.29 is 27.5 Å². The van der Waals surface area contributed by atoms with Crippen LogP contribution in [0.15, 0.2) is 41.2 Å². The number of rotatable bonds is 6. The Kier molecular flexibility index (Phi) is 6.79. The minimum atomic E-state index is -4.54. The number of nitrogens with zero attached hydrogens (tertiary/aromatic N) is 1. The summed E-state index contributed by atoms with van der Waals surface area (Å²) in [6.45, 7) is 0.600. The van der Waals surface area contributed by atoms with Gasteiger partial charge < -0.3 is 15.0 Å².